The molecule has 0 atom stereocenters. The number of rotatable bonds is 7. The number of carbonyl (C=O) groups is 1. The fourth-order valence-corrected chi connectivity index (χ4v) is 3.18. The number of amides is 1. The van der Waals surface area contributed by atoms with Crippen molar-refractivity contribution in [1.29, 1.82) is 0 Å². The third-order valence-electron chi connectivity index (χ3n) is 4.81. The summed E-state index contributed by atoms with van der Waals surface area (Å²) in [5.74, 6) is 0.683. The largest absolute Gasteiger partial charge is 0.493 e. The van der Waals surface area contributed by atoms with Gasteiger partial charge in [-0.25, -0.2) is 9.07 Å². The third kappa shape index (κ3) is 4.08. The maximum absolute atomic E-state index is 14.1. The van der Waals surface area contributed by atoms with Crippen LogP contribution in [0, 0.1) is 12.7 Å². The van der Waals surface area contributed by atoms with Gasteiger partial charge in [0.25, 0.3) is 5.91 Å². The van der Waals surface area contributed by atoms with E-state index in [1.54, 1.807) is 44.2 Å². The van der Waals surface area contributed by atoms with Crippen molar-refractivity contribution < 1.29 is 18.7 Å². The molecular formula is C22H24FN3O3. The van der Waals surface area contributed by atoms with Crippen molar-refractivity contribution in [2.75, 3.05) is 20.8 Å². The van der Waals surface area contributed by atoms with Gasteiger partial charge in [0.15, 0.2) is 11.5 Å². The Morgan fingerprint density at radius 3 is 2.52 bits per heavy atom. The van der Waals surface area contributed by atoms with Gasteiger partial charge in [0.1, 0.15) is 11.5 Å². The normalized spacial score (nSPS) is 10.7. The summed E-state index contributed by atoms with van der Waals surface area (Å²) in [7, 11) is 3.15. The molecule has 0 saturated heterocycles. The molecule has 0 aliphatic rings. The van der Waals surface area contributed by atoms with Crippen LogP contribution >= 0.6 is 0 Å². The van der Waals surface area contributed by atoms with Gasteiger partial charge in [0.05, 0.1) is 31.7 Å². The fraction of sp³-hybridized carbons (Fsp3) is 0.273. The SMILES string of the molecule is CCN(Cc1ccc(OC)c(OC)c1)C(=O)c1cnn(-c2ccccc2F)c1C. The van der Waals surface area contributed by atoms with Gasteiger partial charge in [-0.2, -0.15) is 5.10 Å². The summed E-state index contributed by atoms with van der Waals surface area (Å²) < 4.78 is 26.2. The number of hydrogen-bond acceptors (Lipinski definition) is 4. The van der Waals surface area contributed by atoms with E-state index in [-0.39, 0.29) is 5.91 Å². The molecule has 6 nitrogen and oxygen atoms in total. The number of carbonyl (C=O) groups excluding carboxylic acids is 1. The monoisotopic (exact) mass is 397 g/mol. The average Bonchev–Trinajstić information content (AvgIpc) is 3.12. The first kappa shape index (κ1) is 20.4. The van der Waals surface area contributed by atoms with Crippen LogP contribution in [0.25, 0.3) is 5.69 Å². The van der Waals surface area contributed by atoms with E-state index in [9.17, 15) is 9.18 Å². The molecule has 0 bridgehead atoms. The lowest BCUT2D eigenvalue weighted by molar-refractivity contribution is 0.0751. The summed E-state index contributed by atoms with van der Waals surface area (Å²) in [4.78, 5) is 14.8. The van der Waals surface area contributed by atoms with Crippen LogP contribution in [0.4, 0.5) is 4.39 Å². The molecule has 0 radical (unpaired) electrons. The molecule has 0 aliphatic carbocycles. The number of ether oxygens (including phenoxy) is 2. The van der Waals surface area contributed by atoms with Gasteiger partial charge in [-0.15, -0.1) is 0 Å². The van der Waals surface area contributed by atoms with Crippen molar-refractivity contribution in [3.05, 3.63) is 71.3 Å². The zero-order valence-corrected chi connectivity index (χ0v) is 17.0. The highest BCUT2D eigenvalue weighted by molar-refractivity contribution is 5.95. The minimum Gasteiger partial charge on any atom is -0.493 e. The van der Waals surface area contributed by atoms with Crippen LogP contribution in [0.3, 0.4) is 0 Å². The Morgan fingerprint density at radius 1 is 1.14 bits per heavy atom. The second-order valence-corrected chi connectivity index (χ2v) is 6.52. The molecule has 3 rings (SSSR count). The Balaban J connectivity index is 1.86. The van der Waals surface area contributed by atoms with Crippen LogP contribution in [-0.2, 0) is 6.54 Å². The summed E-state index contributed by atoms with van der Waals surface area (Å²) in [6.07, 6.45) is 1.49. The number of para-hydroxylation sites is 1. The first-order valence-corrected chi connectivity index (χ1v) is 9.29. The molecule has 0 spiro atoms. The Kier molecular flexibility index (Phi) is 6.16. The molecule has 0 fully saturated rings. The van der Waals surface area contributed by atoms with Crippen LogP contribution in [-0.4, -0.2) is 41.4 Å². The van der Waals surface area contributed by atoms with Gasteiger partial charge in [-0.1, -0.05) is 18.2 Å². The molecule has 29 heavy (non-hydrogen) atoms. The first-order valence-electron chi connectivity index (χ1n) is 9.29. The number of hydrogen-bond donors (Lipinski definition) is 0. The maximum atomic E-state index is 14.1. The zero-order chi connectivity index (χ0) is 21.0. The van der Waals surface area contributed by atoms with Crippen LogP contribution in [0.5, 0.6) is 11.5 Å². The van der Waals surface area contributed by atoms with Gasteiger partial charge in [-0.05, 0) is 43.7 Å². The molecule has 152 valence electrons. The van der Waals surface area contributed by atoms with Crippen molar-refractivity contribution in [2.24, 2.45) is 0 Å². The van der Waals surface area contributed by atoms with Gasteiger partial charge < -0.3 is 14.4 Å². The van der Waals surface area contributed by atoms with E-state index in [4.69, 9.17) is 9.47 Å². The molecule has 0 unspecified atom stereocenters. The topological polar surface area (TPSA) is 56.6 Å². The quantitative estimate of drug-likeness (QED) is 0.605. The molecule has 0 aliphatic heterocycles. The van der Waals surface area contributed by atoms with Crippen molar-refractivity contribution in [1.82, 2.24) is 14.7 Å². The van der Waals surface area contributed by atoms with Crippen LogP contribution in [0.2, 0.25) is 0 Å². The van der Waals surface area contributed by atoms with E-state index in [1.165, 1.54) is 16.9 Å². The zero-order valence-electron chi connectivity index (χ0n) is 17.0. The minimum atomic E-state index is -0.393. The number of benzene rings is 2. The highest BCUT2D eigenvalue weighted by Crippen LogP contribution is 2.28. The van der Waals surface area contributed by atoms with Gasteiger partial charge in [-0.3, -0.25) is 4.79 Å². The Hall–Kier alpha value is -3.35. The fourth-order valence-electron chi connectivity index (χ4n) is 3.18. The Morgan fingerprint density at radius 2 is 1.86 bits per heavy atom. The number of methoxy groups -OCH3 is 2. The molecular weight excluding hydrogens is 373 g/mol. The lowest BCUT2D eigenvalue weighted by Gasteiger charge is -2.21. The summed E-state index contributed by atoms with van der Waals surface area (Å²) in [5, 5.41) is 4.23. The summed E-state index contributed by atoms with van der Waals surface area (Å²) >= 11 is 0. The molecule has 1 heterocycles. The van der Waals surface area contributed by atoms with Gasteiger partial charge in [0, 0.05) is 13.1 Å². The number of nitrogens with zero attached hydrogens (tertiary/aromatic N) is 3. The van der Waals surface area contributed by atoms with Gasteiger partial charge in [0.2, 0.25) is 0 Å². The van der Waals surface area contributed by atoms with E-state index in [0.717, 1.165) is 5.56 Å². The van der Waals surface area contributed by atoms with E-state index in [1.807, 2.05) is 25.1 Å². The molecule has 0 saturated carbocycles. The maximum Gasteiger partial charge on any atom is 0.257 e. The standard InChI is InChI=1S/C22H24FN3O3/c1-5-25(14-16-10-11-20(28-3)21(12-16)29-4)22(27)17-13-24-26(15(17)2)19-9-7-6-8-18(19)23/h6-13H,5,14H2,1-4H3. The number of aromatic nitrogens is 2. The lowest BCUT2D eigenvalue weighted by atomic mass is 10.1. The summed E-state index contributed by atoms with van der Waals surface area (Å²) in [6, 6.07) is 11.9. The van der Waals surface area contributed by atoms with Crippen molar-refractivity contribution in [3.8, 4) is 17.2 Å². The second-order valence-electron chi connectivity index (χ2n) is 6.52. The smallest absolute Gasteiger partial charge is 0.257 e. The first-order chi connectivity index (χ1) is 14.0. The highest BCUT2D eigenvalue weighted by atomic mass is 19.1. The molecule has 3 aromatic rings. The molecule has 7 heteroatoms. The van der Waals surface area contributed by atoms with Crippen molar-refractivity contribution in [2.45, 2.75) is 20.4 Å². The van der Waals surface area contributed by atoms with Crippen LogP contribution in [0.15, 0.2) is 48.7 Å². The Labute approximate surface area is 169 Å². The average molecular weight is 397 g/mol. The predicted molar refractivity (Wildman–Crippen MR) is 108 cm³/mol. The predicted octanol–water partition coefficient (Wildman–Crippen LogP) is 4.00. The van der Waals surface area contributed by atoms with E-state index in [2.05, 4.69) is 5.10 Å². The van der Waals surface area contributed by atoms with E-state index < -0.39 is 5.82 Å². The van der Waals surface area contributed by atoms with Crippen LogP contribution in [0.1, 0.15) is 28.5 Å². The second kappa shape index (κ2) is 8.77. The summed E-state index contributed by atoms with van der Waals surface area (Å²) in [6.45, 7) is 4.59. The van der Waals surface area contributed by atoms with Crippen molar-refractivity contribution >= 4 is 5.91 Å². The molecule has 0 N–H and O–H groups in total. The highest BCUT2D eigenvalue weighted by Gasteiger charge is 2.21. The number of halogens is 1. The van der Waals surface area contributed by atoms with Crippen LogP contribution < -0.4 is 9.47 Å². The minimum absolute atomic E-state index is 0.164. The third-order valence-corrected chi connectivity index (χ3v) is 4.81. The van der Waals surface area contributed by atoms with E-state index >= 15 is 0 Å². The molecule has 1 amide bonds. The molecule has 1 aromatic heterocycles. The molecule has 2 aromatic carbocycles. The Bertz CT molecular complexity index is 1020. The van der Waals surface area contributed by atoms with Gasteiger partial charge >= 0.3 is 0 Å². The van der Waals surface area contributed by atoms with Crippen molar-refractivity contribution in [3.63, 3.8) is 0 Å². The van der Waals surface area contributed by atoms with E-state index in [0.29, 0.717) is 41.5 Å². The lowest BCUT2D eigenvalue weighted by Crippen LogP contribution is -2.30. The summed E-state index contributed by atoms with van der Waals surface area (Å²) in [5.41, 5.74) is 2.26.